The summed E-state index contributed by atoms with van der Waals surface area (Å²) >= 11 is 3.51. The van der Waals surface area contributed by atoms with E-state index >= 15 is 0 Å². The molecule has 1 aromatic carbocycles. The number of halogens is 1. The van der Waals surface area contributed by atoms with Gasteiger partial charge in [0.05, 0.1) is 6.61 Å². The fourth-order valence-corrected chi connectivity index (χ4v) is 4.16. The average molecular weight is 438 g/mol. The molecule has 0 bridgehead atoms. The SMILES string of the molecule is CCCCOC(=O)N1CCN(CC2CCN(c3ccc(Br)cc3)CC2)CC1. The van der Waals surface area contributed by atoms with Gasteiger partial charge in [-0.2, -0.15) is 0 Å². The van der Waals surface area contributed by atoms with Crippen molar-refractivity contribution in [1.82, 2.24) is 9.80 Å². The van der Waals surface area contributed by atoms with E-state index in [1.54, 1.807) is 0 Å². The number of carbonyl (C=O) groups excluding carboxylic acids is 1. The predicted molar refractivity (Wildman–Crippen MR) is 113 cm³/mol. The Morgan fingerprint density at radius 1 is 1.07 bits per heavy atom. The smallest absolute Gasteiger partial charge is 0.409 e. The largest absolute Gasteiger partial charge is 0.449 e. The molecule has 0 saturated carbocycles. The van der Waals surface area contributed by atoms with Gasteiger partial charge in [0.1, 0.15) is 0 Å². The first-order valence-corrected chi connectivity index (χ1v) is 11.1. The number of hydrogen-bond acceptors (Lipinski definition) is 4. The molecule has 2 aliphatic rings. The van der Waals surface area contributed by atoms with Gasteiger partial charge in [-0.05, 0) is 49.4 Å². The van der Waals surface area contributed by atoms with E-state index in [0.717, 1.165) is 69.0 Å². The van der Waals surface area contributed by atoms with Crippen molar-refractivity contribution < 1.29 is 9.53 Å². The zero-order chi connectivity index (χ0) is 19.1. The summed E-state index contributed by atoms with van der Waals surface area (Å²) in [6.07, 6.45) is 4.36. The van der Waals surface area contributed by atoms with Crippen LogP contribution in [-0.2, 0) is 4.74 Å². The monoisotopic (exact) mass is 437 g/mol. The molecule has 1 aromatic rings. The van der Waals surface area contributed by atoms with Crippen molar-refractivity contribution >= 4 is 27.7 Å². The van der Waals surface area contributed by atoms with Gasteiger partial charge in [-0.25, -0.2) is 4.79 Å². The number of benzene rings is 1. The van der Waals surface area contributed by atoms with E-state index in [0.29, 0.717) is 6.61 Å². The van der Waals surface area contributed by atoms with E-state index < -0.39 is 0 Å². The summed E-state index contributed by atoms with van der Waals surface area (Å²) < 4.78 is 6.46. The lowest BCUT2D eigenvalue weighted by molar-refractivity contribution is 0.0701. The third-order valence-electron chi connectivity index (χ3n) is 5.68. The summed E-state index contributed by atoms with van der Waals surface area (Å²) in [6.45, 7) is 9.61. The highest BCUT2D eigenvalue weighted by Crippen LogP contribution is 2.25. The number of nitrogens with zero attached hydrogens (tertiary/aromatic N) is 3. The number of piperazine rings is 1. The number of amides is 1. The van der Waals surface area contributed by atoms with E-state index in [2.05, 4.69) is 56.9 Å². The minimum absolute atomic E-state index is 0.133. The van der Waals surface area contributed by atoms with Gasteiger partial charge < -0.3 is 14.5 Å². The molecule has 2 fully saturated rings. The van der Waals surface area contributed by atoms with Crippen LogP contribution in [0.4, 0.5) is 10.5 Å². The van der Waals surface area contributed by atoms with Crippen molar-refractivity contribution in [2.45, 2.75) is 32.6 Å². The first-order chi connectivity index (χ1) is 13.2. The quantitative estimate of drug-likeness (QED) is 0.624. The van der Waals surface area contributed by atoms with E-state index in [1.807, 2.05) is 4.90 Å². The molecule has 150 valence electrons. The molecular weight excluding hydrogens is 406 g/mol. The van der Waals surface area contributed by atoms with Gasteiger partial charge in [-0.3, -0.25) is 4.90 Å². The van der Waals surface area contributed by atoms with Crippen molar-refractivity contribution in [2.75, 3.05) is 57.3 Å². The summed E-state index contributed by atoms with van der Waals surface area (Å²) in [5.41, 5.74) is 1.33. The first-order valence-electron chi connectivity index (χ1n) is 10.3. The van der Waals surface area contributed by atoms with Crippen LogP contribution in [0.1, 0.15) is 32.6 Å². The summed E-state index contributed by atoms with van der Waals surface area (Å²) in [4.78, 5) is 18.9. The number of carbonyl (C=O) groups is 1. The van der Waals surface area contributed by atoms with Crippen LogP contribution in [-0.4, -0.2) is 68.3 Å². The molecule has 0 aromatic heterocycles. The summed E-state index contributed by atoms with van der Waals surface area (Å²) in [5.74, 6) is 0.764. The highest BCUT2D eigenvalue weighted by Gasteiger charge is 2.26. The zero-order valence-electron chi connectivity index (χ0n) is 16.4. The Morgan fingerprint density at radius 3 is 2.37 bits per heavy atom. The Kier molecular flexibility index (Phi) is 7.82. The summed E-state index contributed by atoms with van der Waals surface area (Å²) in [6, 6.07) is 8.63. The molecule has 0 radical (unpaired) electrons. The average Bonchev–Trinajstić information content (AvgIpc) is 2.70. The molecule has 27 heavy (non-hydrogen) atoms. The second-order valence-electron chi connectivity index (χ2n) is 7.66. The summed E-state index contributed by atoms with van der Waals surface area (Å²) in [7, 11) is 0. The number of anilines is 1. The van der Waals surface area contributed by atoms with Gasteiger partial charge in [0.25, 0.3) is 0 Å². The Hall–Kier alpha value is -1.27. The van der Waals surface area contributed by atoms with Crippen LogP contribution in [0.3, 0.4) is 0 Å². The van der Waals surface area contributed by atoms with Crippen LogP contribution in [0.2, 0.25) is 0 Å². The minimum Gasteiger partial charge on any atom is -0.449 e. The van der Waals surface area contributed by atoms with Gasteiger partial charge in [0.2, 0.25) is 0 Å². The second-order valence-corrected chi connectivity index (χ2v) is 8.58. The van der Waals surface area contributed by atoms with Gasteiger partial charge in [0.15, 0.2) is 0 Å². The molecule has 6 heteroatoms. The number of rotatable bonds is 6. The number of unbranched alkanes of at least 4 members (excludes halogenated alkanes) is 1. The molecule has 0 atom stereocenters. The highest BCUT2D eigenvalue weighted by molar-refractivity contribution is 9.10. The third-order valence-corrected chi connectivity index (χ3v) is 6.21. The van der Waals surface area contributed by atoms with E-state index in [4.69, 9.17) is 4.74 Å². The zero-order valence-corrected chi connectivity index (χ0v) is 18.0. The van der Waals surface area contributed by atoms with Gasteiger partial charge in [-0.1, -0.05) is 29.3 Å². The molecule has 2 heterocycles. The van der Waals surface area contributed by atoms with Crippen LogP contribution in [0, 0.1) is 5.92 Å². The van der Waals surface area contributed by atoms with Gasteiger partial charge in [-0.15, -0.1) is 0 Å². The van der Waals surface area contributed by atoms with E-state index in [9.17, 15) is 4.79 Å². The molecule has 5 nitrogen and oxygen atoms in total. The third kappa shape index (κ3) is 6.11. The number of ether oxygens (including phenoxy) is 1. The topological polar surface area (TPSA) is 36.0 Å². The van der Waals surface area contributed by atoms with E-state index in [1.165, 1.54) is 18.5 Å². The molecule has 2 aliphatic heterocycles. The van der Waals surface area contributed by atoms with Crippen molar-refractivity contribution in [2.24, 2.45) is 5.92 Å². The Labute approximate surface area is 171 Å². The summed E-state index contributed by atoms with van der Waals surface area (Å²) in [5, 5.41) is 0. The van der Waals surface area contributed by atoms with Gasteiger partial charge >= 0.3 is 6.09 Å². The van der Waals surface area contributed by atoms with Crippen molar-refractivity contribution in [3.8, 4) is 0 Å². The molecule has 2 saturated heterocycles. The fourth-order valence-electron chi connectivity index (χ4n) is 3.90. The standard InChI is InChI=1S/C21H32BrN3O2/c1-2-3-16-27-21(26)25-14-12-23(13-15-25)17-18-8-10-24(11-9-18)20-6-4-19(22)5-7-20/h4-7,18H,2-3,8-17H2,1H3. The normalized spacial score (nSPS) is 19.3. The van der Waals surface area contributed by atoms with Crippen molar-refractivity contribution in [3.05, 3.63) is 28.7 Å². The lowest BCUT2D eigenvalue weighted by atomic mass is 9.95. The molecule has 1 amide bonds. The Balaban J connectivity index is 1.35. The fraction of sp³-hybridized carbons (Fsp3) is 0.667. The minimum atomic E-state index is -0.133. The molecule has 0 unspecified atom stereocenters. The van der Waals surface area contributed by atoms with Crippen LogP contribution >= 0.6 is 15.9 Å². The van der Waals surface area contributed by atoms with Crippen LogP contribution in [0.5, 0.6) is 0 Å². The molecular formula is C21H32BrN3O2. The molecule has 0 spiro atoms. The highest BCUT2D eigenvalue weighted by atomic mass is 79.9. The second kappa shape index (κ2) is 10.3. The first kappa shape index (κ1) is 20.5. The molecule has 3 rings (SSSR count). The maximum absolute atomic E-state index is 12.0. The van der Waals surface area contributed by atoms with E-state index in [-0.39, 0.29) is 6.09 Å². The molecule has 0 aliphatic carbocycles. The van der Waals surface area contributed by atoms with Crippen molar-refractivity contribution in [1.29, 1.82) is 0 Å². The molecule has 0 N–H and O–H groups in total. The maximum Gasteiger partial charge on any atom is 0.409 e. The lowest BCUT2D eigenvalue weighted by Crippen LogP contribution is -2.50. The Morgan fingerprint density at radius 2 is 1.74 bits per heavy atom. The van der Waals surface area contributed by atoms with Crippen LogP contribution in [0.25, 0.3) is 0 Å². The predicted octanol–water partition coefficient (Wildman–Crippen LogP) is 4.22. The lowest BCUT2D eigenvalue weighted by Gasteiger charge is -2.39. The van der Waals surface area contributed by atoms with Gasteiger partial charge in [0, 0.05) is 56.0 Å². The maximum atomic E-state index is 12.0. The number of piperidine rings is 1. The van der Waals surface area contributed by atoms with Crippen LogP contribution < -0.4 is 4.90 Å². The Bertz CT molecular complexity index is 580. The van der Waals surface area contributed by atoms with Crippen LogP contribution in [0.15, 0.2) is 28.7 Å². The van der Waals surface area contributed by atoms with Crippen molar-refractivity contribution in [3.63, 3.8) is 0 Å². The number of hydrogen-bond donors (Lipinski definition) is 0.